The molecule has 2 N–H and O–H groups in total. The van der Waals surface area contributed by atoms with Crippen LogP contribution in [0.4, 0.5) is 0 Å². The zero-order valence-corrected chi connectivity index (χ0v) is 17.6. The van der Waals surface area contributed by atoms with Crippen LogP contribution in [0.5, 0.6) is 0 Å². The van der Waals surface area contributed by atoms with Gasteiger partial charge in [0, 0.05) is 0 Å². The minimum Gasteiger partial charge on any atom is -1.00 e. The van der Waals surface area contributed by atoms with E-state index >= 15 is 0 Å². The van der Waals surface area contributed by atoms with E-state index < -0.39 is 17.9 Å². The minimum absolute atomic E-state index is 0. The smallest absolute Gasteiger partial charge is 1.00 e. The van der Waals surface area contributed by atoms with Crippen LogP contribution in [-0.2, 0) is 9.59 Å². The first-order valence-electron chi connectivity index (χ1n) is 8.55. The fourth-order valence-electron chi connectivity index (χ4n) is 2.54. The number of carboxylic acid groups (broad SMARTS) is 2. The van der Waals surface area contributed by atoms with Crippen LogP contribution in [-0.4, -0.2) is 22.2 Å². The quantitative estimate of drug-likeness (QED) is 0.272. The molecule has 0 aliphatic carbocycles. The summed E-state index contributed by atoms with van der Waals surface area (Å²) in [4.78, 5) is 21.4. The van der Waals surface area contributed by atoms with Crippen molar-refractivity contribution in [3.8, 4) is 0 Å². The Bertz CT molecular complexity index is 274. The van der Waals surface area contributed by atoms with E-state index in [9.17, 15) is 9.59 Å². The van der Waals surface area contributed by atoms with Crippen LogP contribution in [0, 0.1) is 5.92 Å². The van der Waals surface area contributed by atoms with Crippen molar-refractivity contribution in [2.45, 2.75) is 90.4 Å². The minimum atomic E-state index is -1.23. The zero-order valence-electron chi connectivity index (χ0n) is 15.5. The van der Waals surface area contributed by atoms with E-state index in [1.54, 1.807) is 0 Å². The molecular weight excluding hydrogens is 307 g/mol. The van der Waals surface area contributed by atoms with Gasteiger partial charge in [-0.1, -0.05) is 84.0 Å². The molecule has 0 saturated heterocycles. The third kappa shape index (κ3) is 15.5. The van der Waals surface area contributed by atoms with E-state index in [-0.39, 0.29) is 59.2 Å². The molecule has 0 saturated carbocycles. The molecule has 0 aromatic heterocycles. The number of carboxylic acids is 2. The molecule has 126 valence electrons. The summed E-state index contributed by atoms with van der Waals surface area (Å²) in [6.07, 6.45) is 14.7. The van der Waals surface area contributed by atoms with Crippen molar-refractivity contribution in [3.63, 3.8) is 0 Å². The van der Waals surface area contributed by atoms with Gasteiger partial charge in [-0.2, -0.15) is 0 Å². The molecule has 0 amide bonds. The van der Waals surface area contributed by atoms with Gasteiger partial charge in [0.15, 0.2) is 5.92 Å². The Morgan fingerprint density at radius 3 is 1.36 bits per heavy atom. The standard InChI is InChI=1S/C17H32O4.K.H/c1-2-3-4-5-6-7-8-9-10-11-12-13-14-15(16(18)19)17(20)21;;/h15H,2-14H2,1H3,(H,18,19)(H,20,21);;/q;+1;-1. The third-order valence-electron chi connectivity index (χ3n) is 3.94. The summed E-state index contributed by atoms with van der Waals surface area (Å²) in [5, 5.41) is 17.5. The molecule has 0 aliphatic heterocycles. The molecule has 0 aliphatic rings. The first-order chi connectivity index (χ1) is 10.1. The molecule has 5 heteroatoms. The summed E-state index contributed by atoms with van der Waals surface area (Å²) in [5.41, 5.74) is 0. The van der Waals surface area contributed by atoms with Crippen molar-refractivity contribution in [2.24, 2.45) is 5.92 Å². The predicted octanol–water partition coefficient (Wildman–Crippen LogP) is 1.98. The van der Waals surface area contributed by atoms with Crippen LogP contribution in [0.3, 0.4) is 0 Å². The van der Waals surface area contributed by atoms with Crippen molar-refractivity contribution >= 4 is 11.9 Å². The molecule has 4 nitrogen and oxygen atoms in total. The van der Waals surface area contributed by atoms with Crippen LogP contribution >= 0.6 is 0 Å². The fourth-order valence-corrected chi connectivity index (χ4v) is 2.54. The molecule has 0 spiro atoms. The Morgan fingerprint density at radius 2 is 1.05 bits per heavy atom. The molecule has 0 rings (SSSR count). The molecule has 0 radical (unpaired) electrons. The first-order valence-corrected chi connectivity index (χ1v) is 8.55. The van der Waals surface area contributed by atoms with E-state index in [2.05, 4.69) is 6.92 Å². The third-order valence-corrected chi connectivity index (χ3v) is 3.94. The molecule has 0 aromatic rings. The van der Waals surface area contributed by atoms with Crippen molar-refractivity contribution in [3.05, 3.63) is 0 Å². The Hall–Kier alpha value is 0.576. The van der Waals surface area contributed by atoms with E-state index in [0.29, 0.717) is 6.42 Å². The summed E-state index contributed by atoms with van der Waals surface area (Å²) >= 11 is 0. The van der Waals surface area contributed by atoms with Gasteiger partial charge in [-0.25, -0.2) is 0 Å². The molecule has 0 unspecified atom stereocenters. The number of unbranched alkanes of at least 4 members (excludes halogenated alkanes) is 11. The average molecular weight is 341 g/mol. The van der Waals surface area contributed by atoms with Gasteiger partial charge >= 0.3 is 63.3 Å². The van der Waals surface area contributed by atoms with Crippen LogP contribution < -0.4 is 51.4 Å². The van der Waals surface area contributed by atoms with E-state index in [0.717, 1.165) is 12.8 Å². The topological polar surface area (TPSA) is 74.6 Å². The second kappa shape index (κ2) is 17.9. The molecule has 0 atom stereocenters. The summed E-state index contributed by atoms with van der Waals surface area (Å²) in [7, 11) is 0. The summed E-state index contributed by atoms with van der Waals surface area (Å²) in [6.45, 7) is 2.23. The molecule has 0 bridgehead atoms. The van der Waals surface area contributed by atoms with E-state index in [1.165, 1.54) is 57.8 Å². The van der Waals surface area contributed by atoms with Crippen LogP contribution in [0.15, 0.2) is 0 Å². The maximum absolute atomic E-state index is 10.7. The van der Waals surface area contributed by atoms with Crippen molar-refractivity contribution in [1.29, 1.82) is 0 Å². The number of rotatable bonds is 15. The zero-order chi connectivity index (χ0) is 15.9. The van der Waals surface area contributed by atoms with Crippen molar-refractivity contribution in [1.82, 2.24) is 0 Å². The second-order valence-corrected chi connectivity index (χ2v) is 5.91. The molecular formula is C17H33KO4. The Labute approximate surface area is 179 Å². The largest absolute Gasteiger partial charge is 1.00 e. The SMILES string of the molecule is CCCCCCCCCCCCCCC(C(=O)O)C(=O)O.[H-].[K+]. The van der Waals surface area contributed by atoms with Gasteiger partial charge in [-0.15, -0.1) is 0 Å². The fraction of sp³-hybridized carbons (Fsp3) is 0.882. The normalized spacial score (nSPS) is 10.5. The number of aliphatic carboxylic acids is 2. The predicted molar refractivity (Wildman–Crippen MR) is 85.6 cm³/mol. The van der Waals surface area contributed by atoms with Gasteiger partial charge in [0.1, 0.15) is 0 Å². The monoisotopic (exact) mass is 340 g/mol. The maximum Gasteiger partial charge on any atom is 1.00 e. The van der Waals surface area contributed by atoms with Crippen LogP contribution in [0.2, 0.25) is 0 Å². The number of hydrogen-bond donors (Lipinski definition) is 2. The Kier molecular flexibility index (Phi) is 20.2. The van der Waals surface area contributed by atoms with Gasteiger partial charge in [0.25, 0.3) is 0 Å². The van der Waals surface area contributed by atoms with Gasteiger partial charge < -0.3 is 11.6 Å². The second-order valence-electron chi connectivity index (χ2n) is 5.91. The molecule has 0 heterocycles. The summed E-state index contributed by atoms with van der Waals surface area (Å²) < 4.78 is 0. The average Bonchev–Trinajstić information content (AvgIpc) is 2.43. The van der Waals surface area contributed by atoms with Crippen LogP contribution in [0.1, 0.15) is 91.8 Å². The van der Waals surface area contributed by atoms with Gasteiger partial charge in [0.2, 0.25) is 0 Å². The molecule has 22 heavy (non-hydrogen) atoms. The van der Waals surface area contributed by atoms with Crippen molar-refractivity contribution < 1.29 is 72.6 Å². The van der Waals surface area contributed by atoms with Gasteiger partial charge in [-0.05, 0) is 6.42 Å². The Balaban J connectivity index is -0.00000200. The van der Waals surface area contributed by atoms with E-state index in [1.807, 2.05) is 0 Å². The van der Waals surface area contributed by atoms with Gasteiger partial charge in [0.05, 0.1) is 0 Å². The maximum atomic E-state index is 10.7. The summed E-state index contributed by atoms with van der Waals surface area (Å²) in [6, 6.07) is 0. The van der Waals surface area contributed by atoms with Crippen molar-refractivity contribution in [2.75, 3.05) is 0 Å². The summed E-state index contributed by atoms with van der Waals surface area (Å²) in [5.74, 6) is -3.66. The molecule has 0 aromatic carbocycles. The first kappa shape index (κ1) is 24.8. The van der Waals surface area contributed by atoms with E-state index in [4.69, 9.17) is 10.2 Å². The van der Waals surface area contributed by atoms with Gasteiger partial charge in [-0.3, -0.25) is 9.59 Å². The van der Waals surface area contributed by atoms with Crippen LogP contribution in [0.25, 0.3) is 0 Å². The number of carbonyl (C=O) groups is 2. The number of hydrogen-bond acceptors (Lipinski definition) is 2. The molecule has 0 fully saturated rings. The Morgan fingerprint density at radius 1 is 0.727 bits per heavy atom.